The fourth-order valence-corrected chi connectivity index (χ4v) is 4.40. The van der Waals surface area contributed by atoms with E-state index in [4.69, 9.17) is 4.74 Å². The number of benzene rings is 1. The largest absolute Gasteiger partial charge is 0.467 e. The van der Waals surface area contributed by atoms with E-state index in [-0.39, 0.29) is 17.1 Å². The molecule has 1 atom stereocenters. The number of nitrogens with zero attached hydrogens (tertiary/aromatic N) is 4. The SMILES string of the molecule is COc1ncc(CN2CC[C@@]3(CCCN(Cc4ccccc4F)C3=O)C2)cn1. The van der Waals surface area contributed by atoms with Crippen LogP contribution in [0.5, 0.6) is 6.01 Å². The topological polar surface area (TPSA) is 58.6 Å². The predicted molar refractivity (Wildman–Crippen MR) is 102 cm³/mol. The van der Waals surface area contributed by atoms with Crippen LogP contribution in [0.3, 0.4) is 0 Å². The number of hydrogen-bond donors (Lipinski definition) is 0. The molecule has 2 aliphatic heterocycles. The minimum Gasteiger partial charge on any atom is -0.467 e. The van der Waals surface area contributed by atoms with Crippen molar-refractivity contribution in [1.82, 2.24) is 19.8 Å². The second-order valence-corrected chi connectivity index (χ2v) is 7.74. The average Bonchev–Trinajstić information content (AvgIpc) is 3.11. The lowest BCUT2D eigenvalue weighted by atomic mass is 9.78. The lowest BCUT2D eigenvalue weighted by Crippen LogP contribution is -2.49. The first kappa shape index (κ1) is 18.8. The van der Waals surface area contributed by atoms with Crippen molar-refractivity contribution < 1.29 is 13.9 Å². The van der Waals surface area contributed by atoms with Gasteiger partial charge in [-0.25, -0.2) is 14.4 Å². The van der Waals surface area contributed by atoms with Gasteiger partial charge < -0.3 is 9.64 Å². The van der Waals surface area contributed by atoms with Gasteiger partial charge in [0, 0.05) is 49.7 Å². The molecule has 2 saturated heterocycles. The summed E-state index contributed by atoms with van der Waals surface area (Å²) in [5.74, 6) is -0.0852. The number of aromatic nitrogens is 2. The molecule has 2 aromatic rings. The molecular weight excluding hydrogens is 359 g/mol. The Hall–Kier alpha value is -2.54. The Labute approximate surface area is 164 Å². The van der Waals surface area contributed by atoms with Gasteiger partial charge in [-0.1, -0.05) is 18.2 Å². The molecular formula is C21H25FN4O2. The number of piperidine rings is 1. The Balaban J connectivity index is 1.42. The number of amides is 1. The van der Waals surface area contributed by atoms with Crippen LogP contribution in [0.2, 0.25) is 0 Å². The molecule has 0 unspecified atom stereocenters. The maximum Gasteiger partial charge on any atom is 0.316 e. The van der Waals surface area contributed by atoms with E-state index in [1.54, 1.807) is 31.6 Å². The lowest BCUT2D eigenvalue weighted by molar-refractivity contribution is -0.146. The third-order valence-electron chi connectivity index (χ3n) is 5.85. The summed E-state index contributed by atoms with van der Waals surface area (Å²) in [7, 11) is 1.54. The predicted octanol–water partition coefficient (Wildman–Crippen LogP) is 2.64. The van der Waals surface area contributed by atoms with E-state index in [1.807, 2.05) is 11.0 Å². The van der Waals surface area contributed by atoms with E-state index in [1.165, 1.54) is 6.07 Å². The summed E-state index contributed by atoms with van der Waals surface area (Å²) in [6.45, 7) is 3.35. The van der Waals surface area contributed by atoms with Crippen molar-refractivity contribution in [2.45, 2.75) is 32.4 Å². The van der Waals surface area contributed by atoms with Crippen LogP contribution >= 0.6 is 0 Å². The minimum absolute atomic E-state index is 0.162. The van der Waals surface area contributed by atoms with Crippen LogP contribution in [-0.4, -0.2) is 52.4 Å². The van der Waals surface area contributed by atoms with Gasteiger partial charge in [-0.15, -0.1) is 0 Å². The molecule has 0 radical (unpaired) electrons. The van der Waals surface area contributed by atoms with E-state index < -0.39 is 0 Å². The fraction of sp³-hybridized carbons (Fsp3) is 0.476. The van der Waals surface area contributed by atoms with Crippen molar-refractivity contribution in [2.24, 2.45) is 5.41 Å². The Morgan fingerprint density at radius 3 is 2.68 bits per heavy atom. The van der Waals surface area contributed by atoms with Crippen molar-refractivity contribution in [3.8, 4) is 6.01 Å². The van der Waals surface area contributed by atoms with Gasteiger partial charge in [0.2, 0.25) is 5.91 Å². The highest BCUT2D eigenvalue weighted by Gasteiger charge is 2.48. The van der Waals surface area contributed by atoms with Crippen LogP contribution < -0.4 is 4.74 Å². The number of rotatable bonds is 5. The molecule has 1 aromatic heterocycles. The second kappa shape index (κ2) is 7.83. The average molecular weight is 384 g/mol. The number of methoxy groups -OCH3 is 1. The van der Waals surface area contributed by atoms with E-state index in [0.717, 1.165) is 37.9 Å². The lowest BCUT2D eigenvalue weighted by Gasteiger charge is -2.39. The third-order valence-corrected chi connectivity index (χ3v) is 5.85. The first-order chi connectivity index (χ1) is 13.6. The maximum atomic E-state index is 14.0. The molecule has 1 spiro atoms. The summed E-state index contributed by atoms with van der Waals surface area (Å²) in [5.41, 5.74) is 1.24. The van der Waals surface area contributed by atoms with Gasteiger partial charge in [0.25, 0.3) is 0 Å². The number of carbonyl (C=O) groups excluding carboxylic acids is 1. The Kier molecular flexibility index (Phi) is 5.26. The Morgan fingerprint density at radius 2 is 1.93 bits per heavy atom. The zero-order chi connectivity index (χ0) is 19.6. The van der Waals surface area contributed by atoms with Crippen LogP contribution in [0.1, 0.15) is 30.4 Å². The zero-order valence-electron chi connectivity index (χ0n) is 16.1. The fourth-order valence-electron chi connectivity index (χ4n) is 4.40. The van der Waals surface area contributed by atoms with Gasteiger partial charge in [-0.2, -0.15) is 0 Å². The molecule has 3 heterocycles. The molecule has 1 amide bonds. The molecule has 0 bridgehead atoms. The highest BCUT2D eigenvalue weighted by molar-refractivity contribution is 5.84. The monoisotopic (exact) mass is 384 g/mol. The van der Waals surface area contributed by atoms with Crippen molar-refractivity contribution in [1.29, 1.82) is 0 Å². The van der Waals surface area contributed by atoms with Crippen LogP contribution in [0.25, 0.3) is 0 Å². The Bertz CT molecular complexity index is 845. The third kappa shape index (κ3) is 3.71. The summed E-state index contributed by atoms with van der Waals surface area (Å²) in [5, 5.41) is 0. The van der Waals surface area contributed by atoms with Crippen molar-refractivity contribution in [2.75, 3.05) is 26.7 Å². The molecule has 7 heteroatoms. The van der Waals surface area contributed by atoms with Gasteiger partial charge >= 0.3 is 6.01 Å². The molecule has 1 aromatic carbocycles. The van der Waals surface area contributed by atoms with E-state index >= 15 is 0 Å². The molecule has 4 rings (SSSR count). The van der Waals surface area contributed by atoms with Gasteiger partial charge in [-0.05, 0) is 31.9 Å². The van der Waals surface area contributed by atoms with Gasteiger partial charge in [0.05, 0.1) is 12.5 Å². The van der Waals surface area contributed by atoms with E-state index in [0.29, 0.717) is 31.2 Å². The van der Waals surface area contributed by atoms with Crippen LogP contribution in [0, 0.1) is 11.2 Å². The van der Waals surface area contributed by atoms with Gasteiger partial charge in [-0.3, -0.25) is 9.69 Å². The maximum absolute atomic E-state index is 14.0. The zero-order valence-corrected chi connectivity index (χ0v) is 16.1. The summed E-state index contributed by atoms with van der Waals surface area (Å²) < 4.78 is 19.0. The van der Waals surface area contributed by atoms with Crippen molar-refractivity contribution in [3.63, 3.8) is 0 Å². The molecule has 6 nitrogen and oxygen atoms in total. The molecule has 0 N–H and O–H groups in total. The van der Waals surface area contributed by atoms with Crippen molar-refractivity contribution in [3.05, 3.63) is 53.6 Å². The number of hydrogen-bond acceptors (Lipinski definition) is 5. The molecule has 2 aliphatic rings. The van der Waals surface area contributed by atoms with E-state index in [2.05, 4.69) is 14.9 Å². The van der Waals surface area contributed by atoms with Crippen molar-refractivity contribution >= 4 is 5.91 Å². The normalized spacial score (nSPS) is 22.8. The number of halogens is 1. The molecule has 148 valence electrons. The summed E-state index contributed by atoms with van der Waals surface area (Å²) in [6, 6.07) is 7.06. The van der Waals surface area contributed by atoms with Gasteiger partial charge in [0.15, 0.2) is 0 Å². The molecule has 0 aliphatic carbocycles. The molecule has 0 saturated carbocycles. The summed E-state index contributed by atoms with van der Waals surface area (Å²) >= 11 is 0. The molecule has 2 fully saturated rings. The van der Waals surface area contributed by atoms with Crippen LogP contribution in [0.4, 0.5) is 4.39 Å². The highest BCUT2D eigenvalue weighted by Crippen LogP contribution is 2.41. The van der Waals surface area contributed by atoms with E-state index in [9.17, 15) is 9.18 Å². The minimum atomic E-state index is -0.350. The number of likely N-dealkylation sites (tertiary alicyclic amines) is 2. The summed E-state index contributed by atoms with van der Waals surface area (Å²) in [4.78, 5) is 25.7. The molecule has 28 heavy (non-hydrogen) atoms. The first-order valence-electron chi connectivity index (χ1n) is 9.70. The standard InChI is InChI=1S/C21H25FN4O2/c1-28-20-23-11-16(12-24-20)13-25-10-8-21(15-25)7-4-9-26(19(21)27)14-17-5-2-3-6-18(17)22/h2-3,5-6,11-12H,4,7-10,13-15H2,1H3/t21-/m0/s1. The number of ether oxygens (including phenoxy) is 1. The second-order valence-electron chi connectivity index (χ2n) is 7.74. The quantitative estimate of drug-likeness (QED) is 0.793. The Morgan fingerprint density at radius 1 is 1.14 bits per heavy atom. The smallest absolute Gasteiger partial charge is 0.316 e. The van der Waals surface area contributed by atoms with Crippen LogP contribution in [-0.2, 0) is 17.9 Å². The number of carbonyl (C=O) groups is 1. The highest BCUT2D eigenvalue weighted by atomic mass is 19.1. The first-order valence-corrected chi connectivity index (χ1v) is 9.70. The van der Waals surface area contributed by atoms with Crippen LogP contribution in [0.15, 0.2) is 36.7 Å². The summed E-state index contributed by atoms with van der Waals surface area (Å²) in [6.07, 6.45) is 6.24. The van der Waals surface area contributed by atoms with Gasteiger partial charge in [0.1, 0.15) is 5.82 Å².